The minimum Gasteiger partial charge on any atom is -0.313 e. The van der Waals surface area contributed by atoms with Gasteiger partial charge in [0.15, 0.2) is 0 Å². The summed E-state index contributed by atoms with van der Waals surface area (Å²) in [6, 6.07) is 18.2. The summed E-state index contributed by atoms with van der Waals surface area (Å²) in [4.78, 5) is 0. The Morgan fingerprint density at radius 1 is 1.16 bits per heavy atom. The fourth-order valence-electron chi connectivity index (χ4n) is 2.97. The molecule has 0 aromatic heterocycles. The van der Waals surface area contributed by atoms with Gasteiger partial charge < -0.3 is 5.32 Å². The molecule has 2 atom stereocenters. The first-order chi connectivity index (χ1) is 9.28. The first-order valence-electron chi connectivity index (χ1n) is 6.78. The zero-order chi connectivity index (χ0) is 13.2. The fourth-order valence-corrected chi connectivity index (χ4v) is 3.33. The molecule has 3 rings (SSSR count). The molecule has 0 amide bonds. The number of hydrogen-bond donors (Lipinski definition) is 1. The van der Waals surface area contributed by atoms with Crippen molar-refractivity contribution in [3.8, 4) is 0 Å². The third-order valence-electron chi connectivity index (χ3n) is 4.10. The zero-order valence-corrected chi connectivity index (χ0v) is 13.2. The molecule has 1 nitrogen and oxygen atoms in total. The number of fused-ring (bicyclic) bond motifs is 1. The van der Waals surface area contributed by atoms with Gasteiger partial charge in [-0.05, 0) is 77.2 Å². The lowest BCUT2D eigenvalue weighted by atomic mass is 9.74. The van der Waals surface area contributed by atoms with Crippen molar-refractivity contribution in [3.05, 3.63) is 68.8 Å². The highest BCUT2D eigenvalue weighted by Crippen LogP contribution is 2.40. The summed E-state index contributed by atoms with van der Waals surface area (Å²) < 4.78 is 1.30. The second-order valence-corrected chi connectivity index (χ2v) is 6.47. The van der Waals surface area contributed by atoms with E-state index in [-0.39, 0.29) is 0 Å². The molecule has 0 spiro atoms. The van der Waals surface area contributed by atoms with Gasteiger partial charge in [-0.2, -0.15) is 0 Å². The summed E-state index contributed by atoms with van der Waals surface area (Å²) >= 11 is 2.36. The average Bonchev–Trinajstić information content (AvgIpc) is 2.42. The van der Waals surface area contributed by atoms with E-state index in [1.54, 1.807) is 5.56 Å². The lowest BCUT2D eigenvalue weighted by Gasteiger charge is -2.33. The Labute approximate surface area is 128 Å². The Morgan fingerprint density at radius 2 is 1.89 bits per heavy atom. The predicted octanol–water partition coefficient (Wildman–Crippen LogP) is 4.28. The van der Waals surface area contributed by atoms with Crippen LogP contribution in [-0.2, 0) is 6.42 Å². The lowest BCUT2D eigenvalue weighted by molar-refractivity contribution is 0.452. The van der Waals surface area contributed by atoms with Gasteiger partial charge >= 0.3 is 0 Å². The van der Waals surface area contributed by atoms with Gasteiger partial charge in [0, 0.05) is 9.61 Å². The molecule has 1 aliphatic carbocycles. The molecule has 0 heterocycles. The number of nitrogens with one attached hydrogen (secondary N) is 1. The van der Waals surface area contributed by atoms with Gasteiger partial charge in [0.25, 0.3) is 0 Å². The summed E-state index contributed by atoms with van der Waals surface area (Å²) in [5.41, 5.74) is 4.48. The second kappa shape index (κ2) is 5.63. The van der Waals surface area contributed by atoms with Crippen molar-refractivity contribution >= 4 is 22.6 Å². The maximum absolute atomic E-state index is 3.47. The molecular weight excluding hydrogens is 345 g/mol. The van der Waals surface area contributed by atoms with Gasteiger partial charge in [-0.15, -0.1) is 0 Å². The first kappa shape index (κ1) is 13.1. The van der Waals surface area contributed by atoms with Gasteiger partial charge in [-0.1, -0.05) is 36.4 Å². The van der Waals surface area contributed by atoms with E-state index in [4.69, 9.17) is 0 Å². The van der Waals surface area contributed by atoms with Gasteiger partial charge in [0.05, 0.1) is 0 Å². The molecule has 2 unspecified atom stereocenters. The molecule has 19 heavy (non-hydrogen) atoms. The molecule has 1 N–H and O–H groups in total. The Kier molecular flexibility index (Phi) is 3.89. The van der Waals surface area contributed by atoms with Crippen LogP contribution in [0.4, 0.5) is 0 Å². The van der Waals surface area contributed by atoms with Crippen molar-refractivity contribution in [1.29, 1.82) is 0 Å². The molecule has 0 aliphatic heterocycles. The van der Waals surface area contributed by atoms with E-state index in [0.717, 1.165) is 0 Å². The minimum atomic E-state index is 0.454. The first-order valence-corrected chi connectivity index (χ1v) is 7.86. The van der Waals surface area contributed by atoms with Crippen LogP contribution < -0.4 is 5.32 Å². The molecule has 2 aromatic carbocycles. The van der Waals surface area contributed by atoms with Crippen LogP contribution in [0.5, 0.6) is 0 Å². The third kappa shape index (κ3) is 2.70. The van der Waals surface area contributed by atoms with Gasteiger partial charge in [-0.25, -0.2) is 0 Å². The van der Waals surface area contributed by atoms with Crippen LogP contribution in [0.1, 0.15) is 35.1 Å². The van der Waals surface area contributed by atoms with Crippen LogP contribution in [0.25, 0.3) is 0 Å². The van der Waals surface area contributed by atoms with E-state index in [1.165, 1.54) is 27.5 Å². The van der Waals surface area contributed by atoms with Crippen molar-refractivity contribution < 1.29 is 0 Å². The highest BCUT2D eigenvalue weighted by molar-refractivity contribution is 14.1. The summed E-state index contributed by atoms with van der Waals surface area (Å²) in [6.07, 6.45) is 2.42. The normalized spacial score (nSPS) is 18.5. The van der Waals surface area contributed by atoms with E-state index < -0.39 is 0 Å². The van der Waals surface area contributed by atoms with Crippen LogP contribution in [0, 0.1) is 3.57 Å². The van der Waals surface area contributed by atoms with Gasteiger partial charge in [0.1, 0.15) is 0 Å². The fraction of sp³-hybridized carbons (Fsp3) is 0.294. The molecule has 2 heteroatoms. The van der Waals surface area contributed by atoms with E-state index in [0.29, 0.717) is 12.0 Å². The Hall–Kier alpha value is -0.870. The Balaban J connectivity index is 1.73. The molecule has 2 aromatic rings. The standard InChI is InChI=1S/C17H18IN/c1-19-17(12-6-8-15(18)9-7-12)11-14-10-13-4-2-3-5-16(13)14/h2-9,14,17,19H,10-11H2,1H3. The lowest BCUT2D eigenvalue weighted by Crippen LogP contribution is -2.24. The smallest absolute Gasteiger partial charge is 0.0323 e. The number of hydrogen-bond acceptors (Lipinski definition) is 1. The summed E-state index contributed by atoms with van der Waals surface area (Å²) in [5, 5.41) is 3.47. The van der Waals surface area contributed by atoms with Crippen molar-refractivity contribution in [1.82, 2.24) is 5.32 Å². The molecule has 98 valence electrons. The molecular formula is C17H18IN. The van der Waals surface area contributed by atoms with Crippen LogP contribution in [0.2, 0.25) is 0 Å². The maximum atomic E-state index is 3.47. The van der Waals surface area contributed by atoms with E-state index in [9.17, 15) is 0 Å². The Bertz CT molecular complexity index is 562. The maximum Gasteiger partial charge on any atom is 0.0323 e. The molecule has 1 aliphatic rings. The molecule has 0 bridgehead atoms. The molecule has 0 saturated heterocycles. The quantitative estimate of drug-likeness (QED) is 0.800. The Morgan fingerprint density at radius 3 is 2.58 bits per heavy atom. The van der Waals surface area contributed by atoms with E-state index in [2.05, 4.69) is 83.5 Å². The SMILES string of the molecule is CNC(CC1Cc2ccccc21)c1ccc(I)cc1. The number of benzene rings is 2. The van der Waals surface area contributed by atoms with E-state index in [1.807, 2.05) is 0 Å². The average molecular weight is 363 g/mol. The van der Waals surface area contributed by atoms with Crippen LogP contribution >= 0.6 is 22.6 Å². The topological polar surface area (TPSA) is 12.0 Å². The minimum absolute atomic E-state index is 0.454. The molecule has 0 saturated carbocycles. The highest BCUT2D eigenvalue weighted by Gasteiger charge is 2.27. The predicted molar refractivity (Wildman–Crippen MR) is 88.5 cm³/mol. The van der Waals surface area contributed by atoms with Crippen molar-refractivity contribution in [3.63, 3.8) is 0 Å². The highest BCUT2D eigenvalue weighted by atomic mass is 127. The van der Waals surface area contributed by atoms with Crippen LogP contribution in [0.3, 0.4) is 0 Å². The molecule has 0 fully saturated rings. The van der Waals surface area contributed by atoms with Crippen molar-refractivity contribution in [2.75, 3.05) is 7.05 Å². The van der Waals surface area contributed by atoms with E-state index >= 15 is 0 Å². The monoisotopic (exact) mass is 363 g/mol. The number of halogens is 1. The van der Waals surface area contributed by atoms with Gasteiger partial charge in [-0.3, -0.25) is 0 Å². The van der Waals surface area contributed by atoms with Gasteiger partial charge in [0.2, 0.25) is 0 Å². The van der Waals surface area contributed by atoms with Crippen molar-refractivity contribution in [2.45, 2.75) is 24.8 Å². The number of rotatable bonds is 4. The summed E-state index contributed by atoms with van der Waals surface area (Å²) in [7, 11) is 2.06. The molecule has 0 radical (unpaired) electrons. The third-order valence-corrected chi connectivity index (χ3v) is 4.82. The summed E-state index contributed by atoms with van der Waals surface area (Å²) in [5.74, 6) is 0.716. The van der Waals surface area contributed by atoms with Crippen LogP contribution in [-0.4, -0.2) is 7.05 Å². The zero-order valence-electron chi connectivity index (χ0n) is 11.1. The second-order valence-electron chi connectivity index (χ2n) is 5.23. The summed E-state index contributed by atoms with van der Waals surface area (Å²) in [6.45, 7) is 0. The van der Waals surface area contributed by atoms with Crippen molar-refractivity contribution in [2.24, 2.45) is 0 Å². The van der Waals surface area contributed by atoms with Crippen LogP contribution in [0.15, 0.2) is 48.5 Å². The largest absolute Gasteiger partial charge is 0.313 e.